The van der Waals surface area contributed by atoms with Crippen LogP contribution in [-0.2, 0) is 5.92 Å². The summed E-state index contributed by atoms with van der Waals surface area (Å²) < 4.78 is 28.4. The van der Waals surface area contributed by atoms with Crippen molar-refractivity contribution in [1.29, 1.82) is 0 Å². The van der Waals surface area contributed by atoms with Crippen LogP contribution in [0, 0.1) is 0 Å². The lowest BCUT2D eigenvalue weighted by atomic mass is 9.92. The van der Waals surface area contributed by atoms with Crippen LogP contribution in [0.5, 0.6) is 0 Å². The molecule has 1 saturated carbocycles. The Morgan fingerprint density at radius 2 is 2.06 bits per heavy atom. The van der Waals surface area contributed by atoms with E-state index in [-0.39, 0.29) is 11.6 Å². The van der Waals surface area contributed by atoms with E-state index in [1.54, 1.807) is 6.20 Å². The zero-order chi connectivity index (χ0) is 11.9. The first-order chi connectivity index (χ1) is 7.39. The molecule has 1 aromatic heterocycles. The normalized spacial score (nSPS) is 17.9. The Bertz CT molecular complexity index is 373. The van der Waals surface area contributed by atoms with Gasteiger partial charge in [-0.1, -0.05) is 13.8 Å². The van der Waals surface area contributed by atoms with E-state index in [4.69, 9.17) is 0 Å². The zero-order valence-electron chi connectivity index (χ0n) is 10.0. The van der Waals surface area contributed by atoms with Gasteiger partial charge in [0, 0.05) is 25.1 Å². The molecule has 1 fully saturated rings. The van der Waals surface area contributed by atoms with Gasteiger partial charge in [-0.05, 0) is 19.3 Å². The van der Waals surface area contributed by atoms with Crippen molar-refractivity contribution < 1.29 is 8.78 Å². The van der Waals surface area contributed by atoms with Crippen LogP contribution < -0.4 is 0 Å². The van der Waals surface area contributed by atoms with Crippen LogP contribution in [0.15, 0.2) is 6.20 Å². The molecule has 0 radical (unpaired) electrons. The van der Waals surface area contributed by atoms with Gasteiger partial charge in [-0.2, -0.15) is 8.78 Å². The number of halogens is 2. The predicted molar refractivity (Wildman–Crippen MR) is 58.8 cm³/mol. The topological polar surface area (TPSA) is 17.8 Å². The van der Waals surface area contributed by atoms with E-state index in [0.717, 1.165) is 25.6 Å². The molecule has 1 aliphatic rings. The van der Waals surface area contributed by atoms with Gasteiger partial charge >= 0.3 is 0 Å². The lowest BCUT2D eigenvalue weighted by molar-refractivity contribution is 0.0129. The van der Waals surface area contributed by atoms with Gasteiger partial charge in [0.15, 0.2) is 0 Å². The summed E-state index contributed by atoms with van der Waals surface area (Å²) in [6.07, 6.45) is 4.91. The summed E-state index contributed by atoms with van der Waals surface area (Å²) in [6.45, 7) is 4.90. The summed E-state index contributed by atoms with van der Waals surface area (Å²) in [4.78, 5) is 4.10. The SMILES string of the molecule is CC(C)c1nc(C(C)(F)F)cn1C1CCC1. The Balaban J connectivity index is 2.37. The maximum absolute atomic E-state index is 13.2. The second kappa shape index (κ2) is 3.82. The first-order valence-corrected chi connectivity index (χ1v) is 5.86. The molecule has 4 heteroatoms. The van der Waals surface area contributed by atoms with Gasteiger partial charge in [-0.15, -0.1) is 0 Å². The molecule has 0 bridgehead atoms. The third kappa shape index (κ3) is 1.97. The average molecular weight is 228 g/mol. The van der Waals surface area contributed by atoms with Crippen molar-refractivity contribution in [3.63, 3.8) is 0 Å². The second-order valence-electron chi connectivity index (χ2n) is 5.02. The fourth-order valence-corrected chi connectivity index (χ4v) is 2.00. The molecule has 90 valence electrons. The van der Waals surface area contributed by atoms with Crippen LogP contribution in [0.25, 0.3) is 0 Å². The molecule has 2 rings (SSSR count). The fraction of sp³-hybridized carbons (Fsp3) is 0.750. The molecule has 2 nitrogen and oxygen atoms in total. The van der Waals surface area contributed by atoms with Gasteiger partial charge in [-0.25, -0.2) is 4.98 Å². The summed E-state index contributed by atoms with van der Waals surface area (Å²) in [6, 6.07) is 0.390. The summed E-state index contributed by atoms with van der Waals surface area (Å²) >= 11 is 0. The molecule has 0 N–H and O–H groups in total. The van der Waals surface area contributed by atoms with Gasteiger partial charge in [0.25, 0.3) is 5.92 Å². The highest BCUT2D eigenvalue weighted by atomic mass is 19.3. The van der Waals surface area contributed by atoms with Gasteiger partial charge in [0.2, 0.25) is 0 Å². The number of aromatic nitrogens is 2. The van der Waals surface area contributed by atoms with E-state index in [2.05, 4.69) is 4.98 Å². The van der Waals surface area contributed by atoms with Crippen molar-refractivity contribution in [3.05, 3.63) is 17.7 Å². The van der Waals surface area contributed by atoms with Crippen LogP contribution in [-0.4, -0.2) is 9.55 Å². The monoisotopic (exact) mass is 228 g/mol. The first-order valence-electron chi connectivity index (χ1n) is 5.86. The molecular weight excluding hydrogens is 210 g/mol. The molecule has 0 saturated heterocycles. The van der Waals surface area contributed by atoms with Gasteiger partial charge in [0.1, 0.15) is 11.5 Å². The van der Waals surface area contributed by atoms with E-state index >= 15 is 0 Å². The van der Waals surface area contributed by atoms with Crippen LogP contribution in [0.3, 0.4) is 0 Å². The maximum atomic E-state index is 13.2. The minimum Gasteiger partial charge on any atom is -0.331 e. The van der Waals surface area contributed by atoms with E-state index in [9.17, 15) is 8.78 Å². The molecule has 0 aromatic carbocycles. The summed E-state index contributed by atoms with van der Waals surface area (Å²) in [7, 11) is 0. The molecule has 1 heterocycles. The fourth-order valence-electron chi connectivity index (χ4n) is 2.00. The van der Waals surface area contributed by atoms with Gasteiger partial charge in [-0.3, -0.25) is 0 Å². The van der Waals surface area contributed by atoms with E-state index in [1.807, 2.05) is 18.4 Å². The predicted octanol–water partition coefficient (Wildman–Crippen LogP) is 3.84. The Labute approximate surface area is 94.7 Å². The summed E-state index contributed by atoms with van der Waals surface area (Å²) in [5.74, 6) is -1.85. The first kappa shape index (κ1) is 11.6. The van der Waals surface area contributed by atoms with Crippen LogP contribution >= 0.6 is 0 Å². The highest BCUT2D eigenvalue weighted by molar-refractivity contribution is 5.13. The quantitative estimate of drug-likeness (QED) is 0.768. The van der Waals surface area contributed by atoms with Crippen molar-refractivity contribution in [2.75, 3.05) is 0 Å². The van der Waals surface area contributed by atoms with Crippen molar-refractivity contribution in [2.24, 2.45) is 0 Å². The second-order valence-corrected chi connectivity index (χ2v) is 5.02. The molecule has 0 aliphatic heterocycles. The Kier molecular flexibility index (Phi) is 2.76. The maximum Gasteiger partial charge on any atom is 0.288 e. The third-order valence-electron chi connectivity index (χ3n) is 3.20. The van der Waals surface area contributed by atoms with Crippen molar-refractivity contribution in [2.45, 2.75) is 57.9 Å². The van der Waals surface area contributed by atoms with E-state index < -0.39 is 5.92 Å². The van der Waals surface area contributed by atoms with Crippen molar-refractivity contribution >= 4 is 0 Å². The Morgan fingerprint density at radius 3 is 2.44 bits per heavy atom. The minimum absolute atomic E-state index is 0.0944. The molecule has 0 amide bonds. The van der Waals surface area contributed by atoms with Crippen molar-refractivity contribution in [1.82, 2.24) is 9.55 Å². The molecule has 1 aromatic rings. The molecule has 0 unspecified atom stereocenters. The van der Waals surface area contributed by atoms with Crippen LogP contribution in [0.4, 0.5) is 8.78 Å². The molecule has 16 heavy (non-hydrogen) atoms. The summed E-state index contributed by atoms with van der Waals surface area (Å²) in [5, 5.41) is 0. The van der Waals surface area contributed by atoms with Crippen LogP contribution in [0.2, 0.25) is 0 Å². The minimum atomic E-state index is -2.83. The lowest BCUT2D eigenvalue weighted by Gasteiger charge is -2.29. The number of imidazole rings is 1. The van der Waals surface area contributed by atoms with Crippen LogP contribution in [0.1, 0.15) is 63.5 Å². The van der Waals surface area contributed by atoms with Gasteiger partial charge < -0.3 is 4.57 Å². The summed E-state index contributed by atoms with van der Waals surface area (Å²) in [5.41, 5.74) is -0.0944. The Hall–Kier alpha value is -0.930. The van der Waals surface area contributed by atoms with Gasteiger partial charge in [0.05, 0.1) is 0 Å². The molecule has 0 atom stereocenters. The largest absolute Gasteiger partial charge is 0.331 e. The van der Waals surface area contributed by atoms with Crippen molar-refractivity contribution in [3.8, 4) is 0 Å². The number of rotatable bonds is 3. The lowest BCUT2D eigenvalue weighted by Crippen LogP contribution is -2.19. The number of hydrogen-bond acceptors (Lipinski definition) is 1. The zero-order valence-corrected chi connectivity index (χ0v) is 10.0. The molecule has 1 aliphatic carbocycles. The molecule has 0 spiro atoms. The Morgan fingerprint density at radius 1 is 1.44 bits per heavy atom. The average Bonchev–Trinajstić information content (AvgIpc) is 2.44. The standard InChI is InChI=1S/C12H18F2N2/c1-8(2)11-15-10(12(3,13)14)7-16(11)9-5-4-6-9/h7-9H,4-6H2,1-3H3. The van der Waals surface area contributed by atoms with E-state index in [1.165, 1.54) is 6.42 Å². The highest BCUT2D eigenvalue weighted by Crippen LogP contribution is 2.36. The number of nitrogens with zero attached hydrogens (tertiary/aromatic N) is 2. The molecular formula is C12H18F2N2. The number of hydrogen-bond donors (Lipinski definition) is 0. The van der Waals surface area contributed by atoms with E-state index in [0.29, 0.717) is 6.04 Å². The number of alkyl halides is 2. The highest BCUT2D eigenvalue weighted by Gasteiger charge is 2.32. The smallest absolute Gasteiger partial charge is 0.288 e. The third-order valence-corrected chi connectivity index (χ3v) is 3.20.